The van der Waals surface area contributed by atoms with Crippen LogP contribution in [0.2, 0.25) is 0 Å². The second-order valence-corrected chi connectivity index (χ2v) is 2.22. The Labute approximate surface area is 71.1 Å². The number of nitriles is 1. The SMILES string of the molecule is N#Cc1cc(O)c(=O)[nH]c1C(F)F. The van der Waals surface area contributed by atoms with E-state index in [0.717, 1.165) is 0 Å². The molecular weight excluding hydrogens is 182 g/mol. The number of aromatic amines is 1. The molecule has 1 aromatic heterocycles. The lowest BCUT2D eigenvalue weighted by Gasteiger charge is -2.01. The Morgan fingerprint density at radius 2 is 2.23 bits per heavy atom. The van der Waals surface area contributed by atoms with Crippen LogP contribution < -0.4 is 5.56 Å². The molecule has 0 atom stereocenters. The summed E-state index contributed by atoms with van der Waals surface area (Å²) in [6.07, 6.45) is -2.94. The Hall–Kier alpha value is -1.90. The molecule has 1 heterocycles. The highest BCUT2D eigenvalue weighted by molar-refractivity contribution is 5.38. The van der Waals surface area contributed by atoms with Crippen molar-refractivity contribution < 1.29 is 13.9 Å². The molecule has 0 saturated carbocycles. The van der Waals surface area contributed by atoms with Crippen molar-refractivity contribution in [1.29, 1.82) is 5.26 Å². The van der Waals surface area contributed by atoms with Gasteiger partial charge in [-0.3, -0.25) is 4.79 Å². The van der Waals surface area contributed by atoms with Gasteiger partial charge in [0.25, 0.3) is 12.0 Å². The third-order valence-electron chi connectivity index (χ3n) is 1.39. The highest BCUT2D eigenvalue weighted by Gasteiger charge is 2.15. The fourth-order valence-corrected chi connectivity index (χ4v) is 0.798. The van der Waals surface area contributed by atoms with Crippen LogP contribution in [0.5, 0.6) is 5.75 Å². The number of nitrogens with zero attached hydrogens (tertiary/aromatic N) is 1. The standard InChI is InChI=1S/C7H4F2N2O2/c8-6(9)5-3(2-10)1-4(12)7(13)11-5/h1,6,12H,(H,11,13). The Balaban J connectivity index is 3.44. The Morgan fingerprint density at radius 3 is 2.69 bits per heavy atom. The molecular formula is C7H4F2N2O2. The van der Waals surface area contributed by atoms with Crippen LogP contribution >= 0.6 is 0 Å². The second-order valence-electron chi connectivity index (χ2n) is 2.22. The van der Waals surface area contributed by atoms with E-state index in [-0.39, 0.29) is 0 Å². The zero-order chi connectivity index (χ0) is 10.0. The Morgan fingerprint density at radius 1 is 1.62 bits per heavy atom. The summed E-state index contributed by atoms with van der Waals surface area (Å²) in [6, 6.07) is 2.14. The average molecular weight is 186 g/mol. The lowest BCUT2D eigenvalue weighted by molar-refractivity contribution is 0.145. The van der Waals surface area contributed by atoms with E-state index in [0.29, 0.717) is 6.07 Å². The highest BCUT2D eigenvalue weighted by atomic mass is 19.3. The van der Waals surface area contributed by atoms with Crippen molar-refractivity contribution in [2.75, 3.05) is 0 Å². The molecule has 0 radical (unpaired) electrons. The van der Waals surface area contributed by atoms with Gasteiger partial charge >= 0.3 is 0 Å². The summed E-state index contributed by atoms with van der Waals surface area (Å²) < 4.78 is 24.2. The van der Waals surface area contributed by atoms with E-state index < -0.39 is 29.0 Å². The third kappa shape index (κ3) is 1.64. The van der Waals surface area contributed by atoms with E-state index in [2.05, 4.69) is 0 Å². The summed E-state index contributed by atoms with van der Waals surface area (Å²) in [5.41, 5.74) is -2.24. The average Bonchev–Trinajstić information content (AvgIpc) is 2.08. The third-order valence-corrected chi connectivity index (χ3v) is 1.39. The molecule has 0 bridgehead atoms. The van der Waals surface area contributed by atoms with Gasteiger partial charge in [0.05, 0.1) is 5.56 Å². The summed E-state index contributed by atoms with van der Waals surface area (Å²) in [6.45, 7) is 0. The van der Waals surface area contributed by atoms with Crippen LogP contribution in [0.4, 0.5) is 8.78 Å². The zero-order valence-corrected chi connectivity index (χ0v) is 6.21. The first-order valence-corrected chi connectivity index (χ1v) is 3.20. The van der Waals surface area contributed by atoms with E-state index >= 15 is 0 Å². The van der Waals surface area contributed by atoms with Crippen LogP contribution in [0.15, 0.2) is 10.9 Å². The van der Waals surface area contributed by atoms with Gasteiger partial charge in [-0.2, -0.15) is 5.26 Å². The van der Waals surface area contributed by atoms with Crippen molar-refractivity contribution in [2.45, 2.75) is 6.43 Å². The van der Waals surface area contributed by atoms with Crippen LogP contribution in [0.1, 0.15) is 17.7 Å². The second kappa shape index (κ2) is 3.23. The van der Waals surface area contributed by atoms with Crippen LogP contribution in [-0.2, 0) is 0 Å². The maximum absolute atomic E-state index is 12.1. The maximum Gasteiger partial charge on any atom is 0.290 e. The summed E-state index contributed by atoms with van der Waals surface area (Å²) >= 11 is 0. The van der Waals surface area contributed by atoms with Gasteiger partial charge < -0.3 is 10.1 Å². The number of halogens is 2. The van der Waals surface area contributed by atoms with Crippen molar-refractivity contribution in [1.82, 2.24) is 4.98 Å². The van der Waals surface area contributed by atoms with Gasteiger partial charge in [-0.05, 0) is 0 Å². The maximum atomic E-state index is 12.1. The van der Waals surface area contributed by atoms with Gasteiger partial charge in [0, 0.05) is 6.07 Å². The number of aromatic nitrogens is 1. The fourth-order valence-electron chi connectivity index (χ4n) is 0.798. The largest absolute Gasteiger partial charge is 0.503 e. The zero-order valence-electron chi connectivity index (χ0n) is 6.21. The monoisotopic (exact) mass is 186 g/mol. The van der Waals surface area contributed by atoms with E-state index in [4.69, 9.17) is 10.4 Å². The van der Waals surface area contributed by atoms with Gasteiger partial charge in [-0.25, -0.2) is 8.78 Å². The minimum absolute atomic E-state index is 0.438. The molecule has 1 aromatic rings. The van der Waals surface area contributed by atoms with E-state index in [1.807, 2.05) is 0 Å². The molecule has 68 valence electrons. The number of hydrogen-bond acceptors (Lipinski definition) is 3. The molecule has 6 heteroatoms. The van der Waals surface area contributed by atoms with Gasteiger partial charge in [0.15, 0.2) is 5.75 Å². The van der Waals surface area contributed by atoms with E-state index in [9.17, 15) is 13.6 Å². The summed E-state index contributed by atoms with van der Waals surface area (Å²) in [4.78, 5) is 12.4. The number of rotatable bonds is 1. The van der Waals surface area contributed by atoms with Crippen LogP contribution in [0, 0.1) is 11.3 Å². The molecule has 0 saturated heterocycles. The normalized spacial score (nSPS) is 10.0. The van der Waals surface area contributed by atoms with Gasteiger partial charge in [-0.15, -0.1) is 0 Å². The van der Waals surface area contributed by atoms with Crippen molar-refractivity contribution in [3.05, 3.63) is 27.7 Å². The van der Waals surface area contributed by atoms with Crippen LogP contribution in [0.25, 0.3) is 0 Å². The van der Waals surface area contributed by atoms with Crippen LogP contribution in [0.3, 0.4) is 0 Å². The molecule has 13 heavy (non-hydrogen) atoms. The van der Waals surface area contributed by atoms with E-state index in [1.54, 1.807) is 4.98 Å². The summed E-state index contributed by atoms with van der Waals surface area (Å²) in [5.74, 6) is -0.749. The molecule has 0 unspecified atom stereocenters. The van der Waals surface area contributed by atoms with Crippen molar-refractivity contribution >= 4 is 0 Å². The van der Waals surface area contributed by atoms with E-state index in [1.165, 1.54) is 6.07 Å². The predicted molar refractivity (Wildman–Crippen MR) is 38.4 cm³/mol. The number of H-pyrrole nitrogens is 1. The number of pyridine rings is 1. The van der Waals surface area contributed by atoms with Gasteiger partial charge in [0.1, 0.15) is 11.8 Å². The Bertz CT molecular complexity index is 419. The molecule has 2 N–H and O–H groups in total. The smallest absolute Gasteiger partial charge is 0.290 e. The minimum atomic E-state index is -2.94. The molecule has 4 nitrogen and oxygen atoms in total. The number of hydrogen-bond donors (Lipinski definition) is 2. The molecule has 0 fully saturated rings. The molecule has 0 spiro atoms. The topological polar surface area (TPSA) is 76.9 Å². The molecule has 0 aliphatic rings. The number of alkyl halides is 2. The first-order chi connectivity index (χ1) is 6.06. The number of aromatic hydroxyl groups is 1. The molecule has 0 aliphatic heterocycles. The lowest BCUT2D eigenvalue weighted by Crippen LogP contribution is -2.10. The highest BCUT2D eigenvalue weighted by Crippen LogP contribution is 2.20. The Kier molecular flexibility index (Phi) is 2.28. The molecule has 0 aliphatic carbocycles. The quantitative estimate of drug-likeness (QED) is 0.683. The predicted octanol–water partition coefficient (Wildman–Crippen LogP) is 0.890. The van der Waals surface area contributed by atoms with Crippen molar-refractivity contribution in [3.63, 3.8) is 0 Å². The summed E-state index contributed by atoms with van der Waals surface area (Å²) in [5, 5.41) is 17.2. The molecule has 0 amide bonds. The molecule has 0 aromatic carbocycles. The number of nitrogens with one attached hydrogen (secondary N) is 1. The van der Waals surface area contributed by atoms with Crippen molar-refractivity contribution in [3.8, 4) is 11.8 Å². The minimum Gasteiger partial charge on any atom is -0.503 e. The van der Waals surface area contributed by atoms with Crippen molar-refractivity contribution in [2.24, 2.45) is 0 Å². The summed E-state index contributed by atoms with van der Waals surface area (Å²) in [7, 11) is 0. The molecule has 1 rings (SSSR count). The lowest BCUT2D eigenvalue weighted by atomic mass is 10.2. The first-order valence-electron chi connectivity index (χ1n) is 3.20. The first kappa shape index (κ1) is 9.19. The fraction of sp³-hybridized carbons (Fsp3) is 0.143. The van der Waals surface area contributed by atoms with Gasteiger partial charge in [0.2, 0.25) is 0 Å². The van der Waals surface area contributed by atoms with Crippen LogP contribution in [-0.4, -0.2) is 10.1 Å². The van der Waals surface area contributed by atoms with Gasteiger partial charge in [-0.1, -0.05) is 0 Å².